The summed E-state index contributed by atoms with van der Waals surface area (Å²) in [6, 6.07) is 13.7. The lowest BCUT2D eigenvalue weighted by Crippen LogP contribution is -2.30. The Labute approximate surface area is 193 Å². The number of methoxy groups -OCH3 is 1. The highest BCUT2D eigenvalue weighted by atomic mass is 79.9. The van der Waals surface area contributed by atoms with Gasteiger partial charge in [0.15, 0.2) is 0 Å². The number of hydrogen-bond acceptors (Lipinski definition) is 6. The molecule has 0 atom stereocenters. The molecule has 3 rings (SSSR count). The Morgan fingerprint density at radius 2 is 2.03 bits per heavy atom. The predicted octanol–water partition coefficient (Wildman–Crippen LogP) is 5.10. The van der Waals surface area contributed by atoms with Gasteiger partial charge in [0.25, 0.3) is 5.91 Å². The van der Waals surface area contributed by atoms with Gasteiger partial charge in [-0.25, -0.2) is 0 Å². The lowest BCUT2D eigenvalue weighted by Gasteiger charge is -2.13. The van der Waals surface area contributed by atoms with E-state index in [1.54, 1.807) is 6.08 Å². The van der Waals surface area contributed by atoms with Crippen LogP contribution in [0.2, 0.25) is 0 Å². The number of halogens is 1. The van der Waals surface area contributed by atoms with E-state index in [-0.39, 0.29) is 24.8 Å². The third-order valence-corrected chi connectivity index (χ3v) is 6.41. The molecule has 1 aliphatic rings. The van der Waals surface area contributed by atoms with Gasteiger partial charge >= 0.3 is 5.97 Å². The summed E-state index contributed by atoms with van der Waals surface area (Å²) in [6.07, 6.45) is 1.87. The van der Waals surface area contributed by atoms with Crippen LogP contribution in [0.1, 0.15) is 23.1 Å². The van der Waals surface area contributed by atoms with Crippen LogP contribution in [0, 0.1) is 6.92 Å². The van der Waals surface area contributed by atoms with E-state index in [0.717, 1.165) is 21.2 Å². The Morgan fingerprint density at radius 1 is 1.27 bits per heavy atom. The molecule has 0 unspecified atom stereocenters. The molecule has 2 aromatic carbocycles. The molecular formula is C22H20BrNO4S2. The Hall–Kier alpha value is -2.16. The molecule has 2 aromatic rings. The van der Waals surface area contributed by atoms with Crippen molar-refractivity contribution in [1.29, 1.82) is 0 Å². The number of thioether (sulfide) groups is 1. The van der Waals surface area contributed by atoms with Gasteiger partial charge < -0.3 is 9.47 Å². The van der Waals surface area contributed by atoms with E-state index in [9.17, 15) is 9.59 Å². The van der Waals surface area contributed by atoms with Crippen LogP contribution in [-0.4, -0.2) is 34.8 Å². The molecule has 0 bridgehead atoms. The number of rotatable bonds is 7. The van der Waals surface area contributed by atoms with E-state index in [4.69, 9.17) is 17.0 Å². The second kappa shape index (κ2) is 10.2. The molecule has 1 aliphatic heterocycles. The van der Waals surface area contributed by atoms with Crippen LogP contribution in [0.15, 0.2) is 51.8 Å². The minimum absolute atomic E-state index is 0.0951. The highest BCUT2D eigenvalue weighted by molar-refractivity contribution is 9.10. The van der Waals surface area contributed by atoms with Gasteiger partial charge in [-0.3, -0.25) is 14.5 Å². The summed E-state index contributed by atoms with van der Waals surface area (Å²) in [5.41, 5.74) is 3.02. The minimum atomic E-state index is -0.382. The maximum atomic E-state index is 12.8. The molecule has 8 heteroatoms. The molecule has 0 spiro atoms. The van der Waals surface area contributed by atoms with Crippen molar-refractivity contribution in [1.82, 2.24) is 4.90 Å². The van der Waals surface area contributed by atoms with Gasteiger partial charge in [-0.05, 0) is 42.3 Å². The number of carbonyl (C=O) groups excluding carboxylic acids is 2. The summed E-state index contributed by atoms with van der Waals surface area (Å²) in [6.45, 7) is 2.67. The standard InChI is InChI=1S/C22H20BrNO4S2/c1-14-5-3-4-6-15(14)13-28-18-8-7-17(23)11-16(18)12-19-21(26)24(22(29)30-19)10-9-20(25)27-2/h3-8,11-12H,9-10,13H2,1-2H3/b19-12+. The van der Waals surface area contributed by atoms with Crippen LogP contribution in [0.4, 0.5) is 0 Å². The Kier molecular flexibility index (Phi) is 7.69. The normalized spacial score (nSPS) is 15.0. The number of carbonyl (C=O) groups is 2. The fourth-order valence-corrected chi connectivity index (χ4v) is 4.51. The Morgan fingerprint density at radius 3 is 2.77 bits per heavy atom. The number of esters is 1. The molecular weight excluding hydrogens is 486 g/mol. The summed E-state index contributed by atoms with van der Waals surface area (Å²) in [4.78, 5) is 26.1. The first-order chi connectivity index (χ1) is 14.4. The summed E-state index contributed by atoms with van der Waals surface area (Å²) in [5.74, 6) is 0.0620. The van der Waals surface area contributed by atoms with E-state index >= 15 is 0 Å². The van der Waals surface area contributed by atoms with Gasteiger partial charge in [0.1, 0.15) is 16.7 Å². The van der Waals surface area contributed by atoms with Crippen molar-refractivity contribution in [2.24, 2.45) is 0 Å². The van der Waals surface area contributed by atoms with E-state index in [1.165, 1.54) is 23.8 Å². The van der Waals surface area contributed by atoms with Crippen molar-refractivity contribution in [2.75, 3.05) is 13.7 Å². The first kappa shape index (κ1) is 22.5. The lowest BCUT2D eigenvalue weighted by molar-refractivity contribution is -0.140. The van der Waals surface area contributed by atoms with Crippen LogP contribution in [-0.2, 0) is 20.9 Å². The van der Waals surface area contributed by atoms with Crippen molar-refractivity contribution in [3.63, 3.8) is 0 Å². The largest absolute Gasteiger partial charge is 0.488 e. The third kappa shape index (κ3) is 5.50. The van der Waals surface area contributed by atoms with E-state index in [0.29, 0.717) is 21.6 Å². The van der Waals surface area contributed by atoms with Crippen LogP contribution >= 0.6 is 39.9 Å². The SMILES string of the molecule is COC(=O)CCN1C(=O)/C(=C\c2cc(Br)ccc2OCc2ccccc2C)SC1=S. The van der Waals surface area contributed by atoms with Crippen molar-refractivity contribution in [3.8, 4) is 5.75 Å². The molecule has 156 valence electrons. The molecule has 0 aliphatic carbocycles. The summed E-state index contributed by atoms with van der Waals surface area (Å²) in [5, 5.41) is 0. The average molecular weight is 506 g/mol. The second-order valence-corrected chi connectivity index (χ2v) is 9.15. The van der Waals surface area contributed by atoms with E-state index in [2.05, 4.69) is 20.7 Å². The van der Waals surface area contributed by atoms with Crippen molar-refractivity contribution < 1.29 is 19.1 Å². The molecule has 1 amide bonds. The zero-order valence-electron chi connectivity index (χ0n) is 16.5. The van der Waals surface area contributed by atoms with Gasteiger partial charge in [0.2, 0.25) is 0 Å². The van der Waals surface area contributed by atoms with Crippen LogP contribution in [0.25, 0.3) is 6.08 Å². The second-order valence-electron chi connectivity index (χ2n) is 6.56. The highest BCUT2D eigenvalue weighted by Gasteiger charge is 2.32. The van der Waals surface area contributed by atoms with Crippen molar-refractivity contribution in [2.45, 2.75) is 20.0 Å². The smallest absolute Gasteiger partial charge is 0.307 e. The quantitative estimate of drug-likeness (QED) is 0.296. The van der Waals surface area contributed by atoms with Gasteiger partial charge in [0.05, 0.1) is 18.4 Å². The molecule has 0 saturated carbocycles. The number of aryl methyl sites for hydroxylation is 1. The topological polar surface area (TPSA) is 55.8 Å². The first-order valence-corrected chi connectivity index (χ1v) is 11.2. The summed E-state index contributed by atoms with van der Waals surface area (Å²) < 4.78 is 12.0. The van der Waals surface area contributed by atoms with Crippen molar-refractivity contribution >= 4 is 62.2 Å². The van der Waals surface area contributed by atoms with E-state index < -0.39 is 0 Å². The fraction of sp³-hybridized carbons (Fsp3) is 0.227. The van der Waals surface area contributed by atoms with Crippen LogP contribution in [0.3, 0.4) is 0 Å². The zero-order chi connectivity index (χ0) is 21.7. The van der Waals surface area contributed by atoms with Crippen LogP contribution < -0.4 is 4.74 Å². The molecule has 1 saturated heterocycles. The van der Waals surface area contributed by atoms with E-state index in [1.807, 2.05) is 49.4 Å². The zero-order valence-corrected chi connectivity index (χ0v) is 19.7. The van der Waals surface area contributed by atoms with Gasteiger partial charge in [-0.15, -0.1) is 0 Å². The maximum absolute atomic E-state index is 12.8. The molecule has 1 heterocycles. The number of benzene rings is 2. The van der Waals surface area contributed by atoms with Crippen LogP contribution in [0.5, 0.6) is 5.75 Å². The fourth-order valence-electron chi connectivity index (χ4n) is 2.83. The number of hydrogen-bond donors (Lipinski definition) is 0. The maximum Gasteiger partial charge on any atom is 0.307 e. The molecule has 5 nitrogen and oxygen atoms in total. The van der Waals surface area contributed by atoms with Gasteiger partial charge in [-0.1, -0.05) is 64.2 Å². The molecule has 0 radical (unpaired) electrons. The minimum Gasteiger partial charge on any atom is -0.488 e. The first-order valence-electron chi connectivity index (χ1n) is 9.18. The number of ether oxygens (including phenoxy) is 2. The molecule has 0 aromatic heterocycles. The molecule has 1 fully saturated rings. The summed E-state index contributed by atoms with van der Waals surface area (Å²) in [7, 11) is 1.32. The Bertz CT molecular complexity index is 1020. The average Bonchev–Trinajstić information content (AvgIpc) is 2.99. The Balaban J connectivity index is 1.80. The highest BCUT2D eigenvalue weighted by Crippen LogP contribution is 2.35. The third-order valence-electron chi connectivity index (χ3n) is 4.54. The number of amides is 1. The predicted molar refractivity (Wildman–Crippen MR) is 126 cm³/mol. The number of thiocarbonyl (C=S) groups is 1. The molecule has 30 heavy (non-hydrogen) atoms. The number of nitrogens with zero attached hydrogens (tertiary/aromatic N) is 1. The van der Waals surface area contributed by atoms with Crippen molar-refractivity contribution in [3.05, 3.63) is 68.5 Å². The monoisotopic (exact) mass is 505 g/mol. The summed E-state index contributed by atoms with van der Waals surface area (Å²) >= 11 is 10.0. The molecule has 0 N–H and O–H groups in total. The van der Waals surface area contributed by atoms with Gasteiger partial charge in [0, 0.05) is 16.6 Å². The lowest BCUT2D eigenvalue weighted by atomic mass is 10.1. The van der Waals surface area contributed by atoms with Gasteiger partial charge in [-0.2, -0.15) is 0 Å².